The zero-order valence-electron chi connectivity index (χ0n) is 12.0. The Morgan fingerprint density at radius 2 is 1.94 bits per heavy atom. The first kappa shape index (κ1) is 14.9. The largest absolute Gasteiger partial charge is 0.496 e. The summed E-state index contributed by atoms with van der Waals surface area (Å²) in [6.45, 7) is 4.17. The maximum absolute atomic E-state index is 13.5. The monoisotopic (exact) mass is 254 g/mol. The van der Waals surface area contributed by atoms with Gasteiger partial charge >= 0.3 is 0 Å². The fourth-order valence-corrected chi connectivity index (χ4v) is 2.37. The summed E-state index contributed by atoms with van der Waals surface area (Å²) in [5, 5.41) is 3.27. The van der Waals surface area contributed by atoms with Gasteiger partial charge < -0.3 is 15.0 Å². The van der Waals surface area contributed by atoms with E-state index in [4.69, 9.17) is 4.74 Å². The van der Waals surface area contributed by atoms with Crippen LogP contribution >= 0.6 is 0 Å². The van der Waals surface area contributed by atoms with Crippen molar-refractivity contribution in [3.05, 3.63) is 29.6 Å². The molecule has 3 nitrogen and oxygen atoms in total. The summed E-state index contributed by atoms with van der Waals surface area (Å²) >= 11 is 0. The predicted octanol–water partition coefficient (Wildman–Crippen LogP) is 2.44. The molecule has 102 valence electrons. The third-order valence-electron chi connectivity index (χ3n) is 3.33. The van der Waals surface area contributed by atoms with Crippen molar-refractivity contribution in [2.24, 2.45) is 0 Å². The smallest absolute Gasteiger partial charge is 0.123 e. The van der Waals surface area contributed by atoms with Crippen LogP contribution in [-0.4, -0.2) is 38.7 Å². The van der Waals surface area contributed by atoms with E-state index in [9.17, 15) is 4.39 Å². The van der Waals surface area contributed by atoms with E-state index in [2.05, 4.69) is 24.1 Å². The minimum atomic E-state index is -0.246. The Bertz CT molecular complexity index is 405. The van der Waals surface area contributed by atoms with Crippen molar-refractivity contribution in [1.29, 1.82) is 0 Å². The molecule has 1 aromatic carbocycles. The van der Waals surface area contributed by atoms with Gasteiger partial charge in [-0.15, -0.1) is 0 Å². The van der Waals surface area contributed by atoms with Crippen molar-refractivity contribution < 1.29 is 9.13 Å². The molecule has 0 saturated heterocycles. The molecule has 0 fully saturated rings. The van der Waals surface area contributed by atoms with Crippen LogP contribution in [0, 0.1) is 5.82 Å². The van der Waals surface area contributed by atoms with E-state index < -0.39 is 0 Å². The van der Waals surface area contributed by atoms with E-state index in [0.717, 1.165) is 5.56 Å². The van der Waals surface area contributed by atoms with Gasteiger partial charge in [0.05, 0.1) is 13.2 Å². The van der Waals surface area contributed by atoms with E-state index in [1.165, 1.54) is 6.07 Å². The fraction of sp³-hybridized carbons (Fsp3) is 0.571. The zero-order chi connectivity index (χ0) is 13.9. The summed E-state index contributed by atoms with van der Waals surface area (Å²) in [6.07, 6.45) is 0. The quantitative estimate of drug-likeness (QED) is 0.873. The predicted molar refractivity (Wildman–Crippen MR) is 72.5 cm³/mol. The van der Waals surface area contributed by atoms with Crippen molar-refractivity contribution >= 4 is 0 Å². The number of ether oxygens (including phenoxy) is 1. The molecular weight excluding hydrogens is 231 g/mol. The van der Waals surface area contributed by atoms with Crippen molar-refractivity contribution in [3.63, 3.8) is 0 Å². The number of hydrogen-bond donors (Lipinski definition) is 1. The normalized spacial score (nSPS) is 13.8. The topological polar surface area (TPSA) is 24.5 Å². The molecule has 0 radical (unpaired) electrons. The summed E-state index contributed by atoms with van der Waals surface area (Å²) in [6, 6.07) is 4.64. The Hall–Kier alpha value is -1.13. The molecule has 4 heteroatoms. The molecule has 0 aliphatic heterocycles. The van der Waals surface area contributed by atoms with Crippen LogP contribution in [0.1, 0.15) is 25.5 Å². The van der Waals surface area contributed by atoms with Crippen LogP contribution in [-0.2, 0) is 0 Å². The molecule has 18 heavy (non-hydrogen) atoms. The summed E-state index contributed by atoms with van der Waals surface area (Å²) in [4.78, 5) is 2.06. The van der Waals surface area contributed by atoms with Gasteiger partial charge in [-0.1, -0.05) is 0 Å². The number of methoxy groups -OCH3 is 1. The second-order valence-electron chi connectivity index (χ2n) is 5.22. The van der Waals surface area contributed by atoms with Crippen LogP contribution in [0.2, 0.25) is 0 Å². The SMILES string of the molecule is CNC(C)(C)C(c1cc(F)ccc1OC)N(C)C. The Morgan fingerprint density at radius 3 is 2.39 bits per heavy atom. The van der Waals surface area contributed by atoms with E-state index in [-0.39, 0.29) is 17.4 Å². The van der Waals surface area contributed by atoms with Crippen molar-refractivity contribution in [2.45, 2.75) is 25.4 Å². The number of likely N-dealkylation sites (N-methyl/N-ethyl adjacent to an activating group) is 2. The van der Waals surface area contributed by atoms with Gasteiger partial charge in [-0.25, -0.2) is 4.39 Å². The van der Waals surface area contributed by atoms with E-state index in [1.54, 1.807) is 19.2 Å². The number of hydrogen-bond acceptors (Lipinski definition) is 3. The van der Waals surface area contributed by atoms with Crippen molar-refractivity contribution in [1.82, 2.24) is 10.2 Å². The Balaban J connectivity index is 3.34. The molecule has 1 N–H and O–H groups in total. The Labute approximate surface area is 109 Å². The van der Waals surface area contributed by atoms with Crippen LogP contribution in [0.25, 0.3) is 0 Å². The molecule has 1 unspecified atom stereocenters. The molecular formula is C14H23FN2O. The van der Waals surface area contributed by atoms with Crippen LogP contribution in [0.15, 0.2) is 18.2 Å². The molecule has 0 aromatic heterocycles. The minimum Gasteiger partial charge on any atom is -0.496 e. The van der Waals surface area contributed by atoms with E-state index in [0.29, 0.717) is 5.75 Å². The average Bonchev–Trinajstić information content (AvgIpc) is 2.28. The van der Waals surface area contributed by atoms with Crippen molar-refractivity contribution in [2.75, 3.05) is 28.3 Å². The highest BCUT2D eigenvalue weighted by molar-refractivity contribution is 5.38. The van der Waals surface area contributed by atoms with Gasteiger partial charge in [0.2, 0.25) is 0 Å². The lowest BCUT2D eigenvalue weighted by Gasteiger charge is -2.39. The van der Waals surface area contributed by atoms with Crippen LogP contribution in [0.3, 0.4) is 0 Å². The highest BCUT2D eigenvalue weighted by Gasteiger charge is 2.33. The highest BCUT2D eigenvalue weighted by Crippen LogP contribution is 2.35. The van der Waals surface area contributed by atoms with Gasteiger partial charge in [0.25, 0.3) is 0 Å². The Kier molecular flexibility index (Phi) is 4.71. The second-order valence-corrected chi connectivity index (χ2v) is 5.22. The molecule has 1 rings (SSSR count). The lowest BCUT2D eigenvalue weighted by molar-refractivity contribution is 0.173. The summed E-state index contributed by atoms with van der Waals surface area (Å²) in [5.41, 5.74) is 0.645. The van der Waals surface area contributed by atoms with Gasteiger partial charge in [0.15, 0.2) is 0 Å². The number of halogens is 1. The third-order valence-corrected chi connectivity index (χ3v) is 3.33. The first-order chi connectivity index (χ1) is 8.33. The molecule has 0 saturated carbocycles. The molecule has 0 aliphatic carbocycles. The standard InChI is InChI=1S/C14H23FN2O/c1-14(2,16-3)13(17(4)5)11-9-10(15)7-8-12(11)18-6/h7-9,13,16H,1-6H3. The number of nitrogens with one attached hydrogen (secondary N) is 1. The summed E-state index contributed by atoms with van der Waals surface area (Å²) in [7, 11) is 7.47. The highest BCUT2D eigenvalue weighted by atomic mass is 19.1. The maximum Gasteiger partial charge on any atom is 0.123 e. The van der Waals surface area contributed by atoms with Crippen LogP contribution in [0.4, 0.5) is 4.39 Å². The summed E-state index contributed by atoms with van der Waals surface area (Å²) < 4.78 is 18.9. The molecule has 0 aliphatic rings. The third kappa shape index (κ3) is 3.00. The van der Waals surface area contributed by atoms with Gasteiger partial charge in [-0.3, -0.25) is 0 Å². The van der Waals surface area contributed by atoms with Crippen molar-refractivity contribution in [3.8, 4) is 5.75 Å². The molecule has 1 atom stereocenters. The van der Waals surface area contributed by atoms with E-state index in [1.807, 2.05) is 21.1 Å². The molecule has 0 spiro atoms. The van der Waals surface area contributed by atoms with Gasteiger partial charge in [-0.2, -0.15) is 0 Å². The van der Waals surface area contributed by atoms with Gasteiger partial charge in [-0.05, 0) is 53.2 Å². The summed E-state index contributed by atoms with van der Waals surface area (Å²) in [5.74, 6) is 0.461. The number of benzene rings is 1. The van der Waals surface area contributed by atoms with Crippen LogP contribution < -0.4 is 10.1 Å². The lowest BCUT2D eigenvalue weighted by Crippen LogP contribution is -2.48. The maximum atomic E-state index is 13.5. The first-order valence-corrected chi connectivity index (χ1v) is 6.02. The number of nitrogens with zero attached hydrogens (tertiary/aromatic N) is 1. The molecule has 1 aromatic rings. The minimum absolute atomic E-state index is 0.00755. The van der Waals surface area contributed by atoms with Crippen LogP contribution in [0.5, 0.6) is 5.75 Å². The second kappa shape index (κ2) is 5.67. The van der Waals surface area contributed by atoms with Gasteiger partial charge in [0.1, 0.15) is 11.6 Å². The lowest BCUT2D eigenvalue weighted by atomic mass is 9.87. The average molecular weight is 254 g/mol. The number of rotatable bonds is 5. The molecule has 0 amide bonds. The molecule has 0 bridgehead atoms. The van der Waals surface area contributed by atoms with Gasteiger partial charge in [0, 0.05) is 11.1 Å². The zero-order valence-corrected chi connectivity index (χ0v) is 12.0. The fourth-order valence-electron chi connectivity index (χ4n) is 2.37. The van der Waals surface area contributed by atoms with E-state index >= 15 is 0 Å². The molecule has 0 heterocycles. The Morgan fingerprint density at radius 1 is 1.33 bits per heavy atom. The first-order valence-electron chi connectivity index (χ1n) is 6.02.